The number of nitrogens with zero attached hydrogens (tertiary/aromatic N) is 2. The number of alkyl halides is 3. The Kier molecular flexibility index (Phi) is 9.39. The van der Waals surface area contributed by atoms with E-state index in [1.807, 2.05) is 19.1 Å². The van der Waals surface area contributed by atoms with Crippen molar-refractivity contribution in [2.45, 2.75) is 33.1 Å². The number of aromatic amines is 1. The van der Waals surface area contributed by atoms with Gasteiger partial charge in [-0.1, -0.05) is 12.1 Å². The van der Waals surface area contributed by atoms with Crippen molar-refractivity contribution in [1.29, 1.82) is 0 Å². The maximum atomic E-state index is 12.4. The van der Waals surface area contributed by atoms with Gasteiger partial charge in [0.2, 0.25) is 0 Å². The number of aliphatic imine (C=N–C) groups is 1. The zero-order valence-corrected chi connectivity index (χ0v) is 17.4. The Bertz CT molecular complexity index is 720. The SMILES string of the molecule is CCNC(=NCc1ccc(C)cc1OCC(F)(F)F)NCc1ccn[nH]1.I. The molecule has 1 heterocycles. The lowest BCUT2D eigenvalue weighted by molar-refractivity contribution is -0.153. The molecule has 0 atom stereocenters. The third-order valence-electron chi connectivity index (χ3n) is 3.37. The zero-order chi connectivity index (χ0) is 19.0. The highest BCUT2D eigenvalue weighted by atomic mass is 127. The third kappa shape index (κ3) is 8.50. The molecule has 0 unspecified atom stereocenters. The van der Waals surface area contributed by atoms with E-state index in [4.69, 9.17) is 4.74 Å². The fraction of sp³-hybridized carbons (Fsp3) is 0.412. The largest absolute Gasteiger partial charge is 0.484 e. The van der Waals surface area contributed by atoms with Gasteiger partial charge in [-0.25, -0.2) is 4.99 Å². The molecule has 0 saturated heterocycles. The summed E-state index contributed by atoms with van der Waals surface area (Å²) in [5.41, 5.74) is 2.29. The lowest BCUT2D eigenvalue weighted by Gasteiger charge is -2.14. The number of aromatic nitrogens is 2. The molecule has 0 amide bonds. The van der Waals surface area contributed by atoms with Crippen LogP contribution >= 0.6 is 24.0 Å². The Morgan fingerprint density at radius 1 is 1.26 bits per heavy atom. The first-order valence-electron chi connectivity index (χ1n) is 8.17. The molecule has 1 aromatic heterocycles. The summed E-state index contributed by atoms with van der Waals surface area (Å²) in [6.45, 7) is 3.73. The number of guanidine groups is 1. The summed E-state index contributed by atoms with van der Waals surface area (Å²) >= 11 is 0. The van der Waals surface area contributed by atoms with E-state index in [1.54, 1.807) is 25.3 Å². The molecule has 1 aromatic carbocycles. The summed E-state index contributed by atoms with van der Waals surface area (Å²) in [6.07, 6.45) is -2.73. The van der Waals surface area contributed by atoms with Gasteiger partial charge in [0.15, 0.2) is 12.6 Å². The van der Waals surface area contributed by atoms with Crippen molar-refractivity contribution < 1.29 is 17.9 Å². The molecule has 6 nitrogen and oxygen atoms in total. The van der Waals surface area contributed by atoms with Gasteiger partial charge >= 0.3 is 6.18 Å². The van der Waals surface area contributed by atoms with Gasteiger partial charge in [-0.05, 0) is 31.5 Å². The molecule has 0 aliphatic heterocycles. The molecule has 0 saturated carbocycles. The van der Waals surface area contributed by atoms with Crippen molar-refractivity contribution in [1.82, 2.24) is 20.8 Å². The molecule has 27 heavy (non-hydrogen) atoms. The second-order valence-corrected chi connectivity index (χ2v) is 5.65. The fourth-order valence-electron chi connectivity index (χ4n) is 2.15. The number of H-pyrrole nitrogens is 1. The van der Waals surface area contributed by atoms with Gasteiger partial charge < -0.3 is 15.4 Å². The topological polar surface area (TPSA) is 74.3 Å². The highest BCUT2D eigenvalue weighted by Gasteiger charge is 2.28. The normalized spacial score (nSPS) is 11.7. The van der Waals surface area contributed by atoms with E-state index in [0.29, 0.717) is 24.6 Å². The van der Waals surface area contributed by atoms with E-state index >= 15 is 0 Å². The molecule has 0 aliphatic carbocycles. The third-order valence-corrected chi connectivity index (χ3v) is 3.37. The number of hydrogen-bond donors (Lipinski definition) is 3. The number of hydrogen-bond acceptors (Lipinski definition) is 3. The van der Waals surface area contributed by atoms with Gasteiger partial charge in [-0.15, -0.1) is 24.0 Å². The van der Waals surface area contributed by atoms with Crippen LogP contribution in [0, 0.1) is 6.92 Å². The van der Waals surface area contributed by atoms with Gasteiger partial charge in [-0.2, -0.15) is 18.3 Å². The van der Waals surface area contributed by atoms with Crippen LogP contribution < -0.4 is 15.4 Å². The van der Waals surface area contributed by atoms with E-state index in [-0.39, 0.29) is 36.3 Å². The first kappa shape index (κ1) is 23.1. The highest BCUT2D eigenvalue weighted by Crippen LogP contribution is 2.24. The van der Waals surface area contributed by atoms with Crippen molar-refractivity contribution in [3.63, 3.8) is 0 Å². The molecule has 0 aliphatic rings. The summed E-state index contributed by atoms with van der Waals surface area (Å²) < 4.78 is 42.3. The second kappa shape index (κ2) is 11.0. The Labute approximate surface area is 173 Å². The van der Waals surface area contributed by atoms with Gasteiger partial charge in [0.1, 0.15) is 5.75 Å². The van der Waals surface area contributed by atoms with Crippen LogP contribution in [0.5, 0.6) is 5.75 Å². The first-order valence-corrected chi connectivity index (χ1v) is 8.17. The van der Waals surface area contributed by atoms with Crippen molar-refractivity contribution in [2.24, 2.45) is 4.99 Å². The zero-order valence-electron chi connectivity index (χ0n) is 15.1. The van der Waals surface area contributed by atoms with E-state index in [2.05, 4.69) is 25.8 Å². The van der Waals surface area contributed by atoms with Crippen LogP contribution in [0.1, 0.15) is 23.7 Å². The second-order valence-electron chi connectivity index (χ2n) is 5.65. The van der Waals surface area contributed by atoms with E-state index < -0.39 is 12.8 Å². The van der Waals surface area contributed by atoms with Crippen LogP contribution in [0.15, 0.2) is 35.5 Å². The van der Waals surface area contributed by atoms with Crippen molar-refractivity contribution in [3.05, 3.63) is 47.3 Å². The number of nitrogens with one attached hydrogen (secondary N) is 3. The van der Waals surface area contributed by atoms with Crippen LogP contribution in [-0.4, -0.2) is 35.5 Å². The van der Waals surface area contributed by atoms with E-state index in [1.165, 1.54) is 0 Å². The number of halogens is 4. The molecule has 10 heteroatoms. The number of aryl methyl sites for hydroxylation is 1. The summed E-state index contributed by atoms with van der Waals surface area (Å²) in [6, 6.07) is 6.96. The molecular formula is C17H23F3IN5O. The first-order chi connectivity index (χ1) is 12.4. The minimum atomic E-state index is -4.38. The highest BCUT2D eigenvalue weighted by molar-refractivity contribution is 14.0. The van der Waals surface area contributed by atoms with Crippen LogP contribution in [0.3, 0.4) is 0 Å². The van der Waals surface area contributed by atoms with Crippen molar-refractivity contribution in [2.75, 3.05) is 13.2 Å². The molecular weight excluding hydrogens is 474 g/mol. The lowest BCUT2D eigenvalue weighted by Crippen LogP contribution is -2.36. The number of rotatable bonds is 7. The Hall–Kier alpha value is -1.98. The maximum absolute atomic E-state index is 12.4. The van der Waals surface area contributed by atoms with E-state index in [9.17, 15) is 13.2 Å². The summed E-state index contributed by atoms with van der Waals surface area (Å²) in [4.78, 5) is 4.42. The smallest absolute Gasteiger partial charge is 0.422 e. The van der Waals surface area contributed by atoms with Gasteiger partial charge in [0, 0.05) is 18.3 Å². The van der Waals surface area contributed by atoms with Gasteiger partial charge in [0.05, 0.1) is 18.8 Å². The Balaban J connectivity index is 0.00000364. The predicted molar refractivity (Wildman–Crippen MR) is 108 cm³/mol. The van der Waals surface area contributed by atoms with Crippen LogP contribution in [0.25, 0.3) is 0 Å². The molecule has 150 valence electrons. The van der Waals surface area contributed by atoms with Crippen LogP contribution in [0.4, 0.5) is 13.2 Å². The van der Waals surface area contributed by atoms with Crippen LogP contribution in [-0.2, 0) is 13.1 Å². The molecule has 0 bridgehead atoms. The number of ether oxygens (including phenoxy) is 1. The van der Waals surface area contributed by atoms with E-state index in [0.717, 1.165) is 11.3 Å². The number of benzene rings is 1. The standard InChI is InChI=1S/C17H22F3N5O.HI/c1-3-21-16(23-10-14-6-7-24-25-14)22-9-13-5-4-12(2)8-15(13)26-11-17(18,19)20;/h4-8H,3,9-11H2,1-2H3,(H,24,25)(H2,21,22,23);1H. The molecule has 2 rings (SSSR count). The quantitative estimate of drug-likeness (QED) is 0.311. The average molecular weight is 497 g/mol. The van der Waals surface area contributed by atoms with Crippen LogP contribution in [0.2, 0.25) is 0 Å². The van der Waals surface area contributed by atoms with Gasteiger partial charge in [-0.3, -0.25) is 5.10 Å². The fourth-order valence-corrected chi connectivity index (χ4v) is 2.15. The minimum Gasteiger partial charge on any atom is -0.484 e. The van der Waals surface area contributed by atoms with Gasteiger partial charge in [0.25, 0.3) is 0 Å². The summed E-state index contributed by atoms with van der Waals surface area (Å²) in [5.74, 6) is 0.736. The molecule has 3 N–H and O–H groups in total. The Morgan fingerprint density at radius 2 is 2.04 bits per heavy atom. The molecule has 0 fully saturated rings. The minimum absolute atomic E-state index is 0. The maximum Gasteiger partial charge on any atom is 0.422 e. The summed E-state index contributed by atoms with van der Waals surface area (Å²) in [5, 5.41) is 12.9. The monoisotopic (exact) mass is 497 g/mol. The Morgan fingerprint density at radius 3 is 2.67 bits per heavy atom. The average Bonchev–Trinajstić information content (AvgIpc) is 3.09. The van der Waals surface area contributed by atoms with Crippen molar-refractivity contribution >= 4 is 29.9 Å². The lowest BCUT2D eigenvalue weighted by atomic mass is 10.1. The molecule has 0 spiro atoms. The summed E-state index contributed by atoms with van der Waals surface area (Å²) in [7, 11) is 0. The molecule has 0 radical (unpaired) electrons. The predicted octanol–water partition coefficient (Wildman–Crippen LogP) is 3.53. The molecule has 2 aromatic rings. The van der Waals surface area contributed by atoms with Crippen molar-refractivity contribution in [3.8, 4) is 5.75 Å².